The van der Waals surface area contributed by atoms with Crippen LogP contribution in [-0.2, 0) is 0 Å². The van der Waals surface area contributed by atoms with Gasteiger partial charge in [0.2, 0.25) is 0 Å². The first-order valence-electron chi connectivity index (χ1n) is 18.5. The van der Waals surface area contributed by atoms with Gasteiger partial charge in [0.05, 0.1) is 0 Å². The second kappa shape index (κ2) is 11.2. The predicted octanol–water partition coefficient (Wildman–Crippen LogP) is 15.1. The lowest BCUT2D eigenvalue weighted by atomic mass is 9.84. The van der Waals surface area contributed by atoms with Crippen LogP contribution in [0.25, 0.3) is 120 Å². The molecule has 2 heterocycles. The molecule has 0 atom stereocenters. The molecule has 12 aromatic rings. The minimum Gasteiger partial charge on any atom is -0.452 e. The van der Waals surface area contributed by atoms with Crippen molar-refractivity contribution in [3.8, 4) is 33.4 Å². The number of furan rings is 2. The summed E-state index contributed by atoms with van der Waals surface area (Å²) in [5.74, 6) is 0. The summed E-state index contributed by atoms with van der Waals surface area (Å²) >= 11 is 0. The van der Waals surface area contributed by atoms with Crippen molar-refractivity contribution in [2.24, 2.45) is 0 Å². The molecule has 0 unspecified atom stereocenters. The van der Waals surface area contributed by atoms with E-state index in [2.05, 4.69) is 182 Å². The Hall–Kier alpha value is -7.16. The number of hydrogen-bond acceptors (Lipinski definition) is 2. The molecule has 0 bridgehead atoms. The maximum atomic E-state index is 6.60. The van der Waals surface area contributed by atoms with E-state index in [4.69, 9.17) is 8.83 Å². The van der Waals surface area contributed by atoms with Gasteiger partial charge in [0.15, 0.2) is 11.2 Å². The molecule has 12 rings (SSSR count). The van der Waals surface area contributed by atoms with Crippen molar-refractivity contribution in [2.75, 3.05) is 0 Å². The van der Waals surface area contributed by atoms with Gasteiger partial charge in [-0.1, -0.05) is 152 Å². The fourth-order valence-electron chi connectivity index (χ4n) is 8.98. The minimum absolute atomic E-state index is 0.793. The second-order valence-electron chi connectivity index (χ2n) is 14.3. The Labute approximate surface area is 310 Å². The average molecular weight is 687 g/mol. The normalized spacial score (nSPS) is 12.1. The van der Waals surface area contributed by atoms with E-state index >= 15 is 0 Å². The average Bonchev–Trinajstić information content (AvgIpc) is 3.81. The highest BCUT2D eigenvalue weighted by atomic mass is 16.4. The summed E-state index contributed by atoms with van der Waals surface area (Å²) in [6.07, 6.45) is 0. The zero-order valence-corrected chi connectivity index (χ0v) is 29.1. The molecule has 0 saturated heterocycles. The molecule has 2 aromatic heterocycles. The lowest BCUT2D eigenvalue weighted by molar-refractivity contribution is 0.635. The van der Waals surface area contributed by atoms with Crippen LogP contribution < -0.4 is 0 Å². The van der Waals surface area contributed by atoms with E-state index in [1.807, 2.05) is 0 Å². The third-order valence-corrected chi connectivity index (χ3v) is 11.5. The lowest BCUT2D eigenvalue weighted by Gasteiger charge is -2.19. The van der Waals surface area contributed by atoms with Gasteiger partial charge in [0.25, 0.3) is 0 Å². The molecular formula is C52H30O2. The molecule has 250 valence electrons. The first-order chi connectivity index (χ1) is 26.8. The van der Waals surface area contributed by atoms with Crippen LogP contribution in [-0.4, -0.2) is 0 Å². The molecule has 0 aliphatic rings. The summed E-state index contributed by atoms with van der Waals surface area (Å²) in [7, 11) is 0. The van der Waals surface area contributed by atoms with E-state index in [9.17, 15) is 0 Å². The van der Waals surface area contributed by atoms with Crippen molar-refractivity contribution >= 4 is 87.0 Å². The molecule has 2 heteroatoms. The van der Waals surface area contributed by atoms with Crippen molar-refractivity contribution in [2.45, 2.75) is 0 Å². The van der Waals surface area contributed by atoms with Gasteiger partial charge in [0, 0.05) is 26.9 Å². The fourth-order valence-corrected chi connectivity index (χ4v) is 8.98. The Morgan fingerprint density at radius 2 is 0.759 bits per heavy atom. The number of benzene rings is 10. The second-order valence-corrected chi connectivity index (χ2v) is 14.3. The molecule has 54 heavy (non-hydrogen) atoms. The smallest absolute Gasteiger partial charge is 0.178 e. The first kappa shape index (κ1) is 29.4. The summed E-state index contributed by atoms with van der Waals surface area (Å²) in [6.45, 7) is 0. The summed E-state index contributed by atoms with van der Waals surface area (Å²) in [5, 5.41) is 14.1. The summed E-state index contributed by atoms with van der Waals surface area (Å²) in [4.78, 5) is 0. The van der Waals surface area contributed by atoms with Crippen molar-refractivity contribution in [3.63, 3.8) is 0 Å². The van der Waals surface area contributed by atoms with Gasteiger partial charge in [-0.15, -0.1) is 0 Å². The third-order valence-electron chi connectivity index (χ3n) is 11.5. The molecular weight excluding hydrogens is 657 g/mol. The van der Waals surface area contributed by atoms with Crippen LogP contribution in [0.2, 0.25) is 0 Å². The van der Waals surface area contributed by atoms with Gasteiger partial charge < -0.3 is 8.83 Å². The first-order valence-corrected chi connectivity index (χ1v) is 18.5. The van der Waals surface area contributed by atoms with Crippen molar-refractivity contribution in [3.05, 3.63) is 182 Å². The van der Waals surface area contributed by atoms with Crippen LogP contribution in [0, 0.1) is 0 Å². The van der Waals surface area contributed by atoms with Crippen LogP contribution >= 0.6 is 0 Å². The molecule has 0 radical (unpaired) electrons. The van der Waals surface area contributed by atoms with Crippen LogP contribution in [0.15, 0.2) is 191 Å². The van der Waals surface area contributed by atoms with Gasteiger partial charge in [-0.25, -0.2) is 0 Å². The number of rotatable bonds is 3. The standard InChI is InChI=1S/C52H30O2/c1-3-13-36-32(10-1)12-9-19-38(36)49-41-17-7-5-15-39(41)48(40-16-6-8-18-42(40)49)34-22-20-31(21-23-34)35-25-29-47-46(30-35)45-28-27-44-43-26-24-33-11-2-4-14-37(33)50(43)54-52(44)51(45)53-47/h1-30H. The van der Waals surface area contributed by atoms with E-state index in [1.54, 1.807) is 0 Å². The van der Waals surface area contributed by atoms with Gasteiger partial charge in [-0.05, 0) is 101 Å². The van der Waals surface area contributed by atoms with Gasteiger partial charge in [-0.2, -0.15) is 0 Å². The zero-order chi connectivity index (χ0) is 35.3. The maximum absolute atomic E-state index is 6.60. The number of fused-ring (bicyclic) bond motifs is 12. The van der Waals surface area contributed by atoms with Crippen molar-refractivity contribution in [1.82, 2.24) is 0 Å². The Bertz CT molecular complexity index is 3430. The largest absolute Gasteiger partial charge is 0.452 e. The molecule has 0 saturated carbocycles. The molecule has 10 aromatic carbocycles. The quantitative estimate of drug-likeness (QED) is 0.173. The highest BCUT2D eigenvalue weighted by molar-refractivity contribution is 6.24. The van der Waals surface area contributed by atoms with E-state index in [0.717, 1.165) is 60.4 Å². The van der Waals surface area contributed by atoms with E-state index in [0.29, 0.717) is 0 Å². The molecule has 0 aliphatic heterocycles. The number of hydrogen-bond donors (Lipinski definition) is 0. The SMILES string of the molecule is c1ccc2c(-c3c4ccccc4c(-c4ccc(-c5ccc6oc7c(ccc8c9ccc%10ccccc%10c9oc87)c6c5)cc4)c4ccccc34)cccc2c1. The van der Waals surface area contributed by atoms with Crippen LogP contribution in [0.1, 0.15) is 0 Å². The van der Waals surface area contributed by atoms with Gasteiger partial charge in [-0.3, -0.25) is 0 Å². The molecule has 0 spiro atoms. The summed E-state index contributed by atoms with van der Waals surface area (Å²) in [5.41, 5.74) is 10.7. The topological polar surface area (TPSA) is 26.3 Å². The molecule has 0 fully saturated rings. The molecule has 2 nitrogen and oxygen atoms in total. The summed E-state index contributed by atoms with van der Waals surface area (Å²) in [6, 6.07) is 65.7. The Balaban J connectivity index is 0.998. The van der Waals surface area contributed by atoms with Crippen LogP contribution in [0.4, 0.5) is 0 Å². The van der Waals surface area contributed by atoms with Gasteiger partial charge in [0.1, 0.15) is 11.2 Å². The predicted molar refractivity (Wildman–Crippen MR) is 227 cm³/mol. The van der Waals surface area contributed by atoms with Crippen LogP contribution in [0.5, 0.6) is 0 Å². The third kappa shape index (κ3) is 4.17. The zero-order valence-electron chi connectivity index (χ0n) is 29.1. The molecule has 0 aliphatic carbocycles. The maximum Gasteiger partial charge on any atom is 0.178 e. The Morgan fingerprint density at radius 3 is 1.48 bits per heavy atom. The van der Waals surface area contributed by atoms with E-state index in [-0.39, 0.29) is 0 Å². The Morgan fingerprint density at radius 1 is 0.259 bits per heavy atom. The fraction of sp³-hybridized carbons (Fsp3) is 0. The highest BCUT2D eigenvalue weighted by Crippen LogP contribution is 2.46. The van der Waals surface area contributed by atoms with E-state index < -0.39 is 0 Å². The van der Waals surface area contributed by atoms with Crippen molar-refractivity contribution < 1.29 is 8.83 Å². The lowest BCUT2D eigenvalue weighted by Crippen LogP contribution is -1.91. The van der Waals surface area contributed by atoms with E-state index in [1.165, 1.54) is 60.0 Å². The highest BCUT2D eigenvalue weighted by Gasteiger charge is 2.20. The molecule has 0 amide bonds. The molecule has 0 N–H and O–H groups in total. The van der Waals surface area contributed by atoms with Crippen molar-refractivity contribution in [1.29, 1.82) is 0 Å². The summed E-state index contributed by atoms with van der Waals surface area (Å²) < 4.78 is 13.1. The Kier molecular flexibility index (Phi) is 6.09. The van der Waals surface area contributed by atoms with Gasteiger partial charge >= 0.3 is 0 Å². The van der Waals surface area contributed by atoms with Crippen LogP contribution in [0.3, 0.4) is 0 Å². The minimum atomic E-state index is 0.793. The monoisotopic (exact) mass is 686 g/mol.